The molecule has 0 spiro atoms. The molecule has 0 bridgehead atoms. The fourth-order valence-corrected chi connectivity index (χ4v) is 2.33. The maximum absolute atomic E-state index is 12.9. The summed E-state index contributed by atoms with van der Waals surface area (Å²) in [6, 6.07) is 7.88. The number of fused-ring (bicyclic) bond motifs is 1. The number of nitrogens with zero attached hydrogens (tertiary/aromatic N) is 1. The largest absolute Gasteiger partial charge is 0.338 e. The Labute approximate surface area is 95.1 Å². The van der Waals surface area contributed by atoms with E-state index in [1.807, 2.05) is 6.07 Å². The highest BCUT2D eigenvalue weighted by atomic mass is 32.1. The first-order chi connectivity index (χ1) is 7.70. The second kappa shape index (κ2) is 4.29. The van der Waals surface area contributed by atoms with Crippen LogP contribution in [-0.4, -0.2) is 12.5 Å². The Morgan fingerprint density at radius 1 is 1.50 bits per heavy atom. The van der Waals surface area contributed by atoms with Crippen molar-refractivity contribution >= 4 is 27.3 Å². The average Bonchev–Trinajstić information content (AvgIpc) is 2.68. The molecule has 0 aliphatic carbocycles. The predicted molar refractivity (Wildman–Crippen MR) is 59.7 cm³/mol. The van der Waals surface area contributed by atoms with Gasteiger partial charge in [-0.25, -0.2) is 4.39 Å². The summed E-state index contributed by atoms with van der Waals surface area (Å²) in [5.41, 5.74) is 0. The van der Waals surface area contributed by atoms with E-state index in [-0.39, 0.29) is 18.3 Å². The van der Waals surface area contributed by atoms with E-state index in [4.69, 9.17) is 5.26 Å². The van der Waals surface area contributed by atoms with Crippen LogP contribution in [0.2, 0.25) is 0 Å². The third-order valence-electron chi connectivity index (χ3n) is 2.03. The molecule has 1 aromatic heterocycles. The lowest BCUT2D eigenvalue weighted by molar-refractivity contribution is 0.0962. The molecule has 2 aromatic rings. The monoisotopic (exact) mass is 234 g/mol. The minimum Gasteiger partial charge on any atom is -0.338 e. The number of benzene rings is 1. The zero-order valence-corrected chi connectivity index (χ0v) is 8.97. The van der Waals surface area contributed by atoms with Gasteiger partial charge in [0.05, 0.1) is 10.9 Å². The van der Waals surface area contributed by atoms with Gasteiger partial charge < -0.3 is 5.32 Å². The molecule has 0 atom stereocenters. The molecule has 0 saturated carbocycles. The third kappa shape index (κ3) is 2.02. The van der Waals surface area contributed by atoms with Crippen LogP contribution in [0.1, 0.15) is 9.67 Å². The van der Waals surface area contributed by atoms with Crippen molar-refractivity contribution in [2.24, 2.45) is 0 Å². The smallest absolute Gasteiger partial charge is 0.262 e. The molecular weight excluding hydrogens is 227 g/mol. The van der Waals surface area contributed by atoms with Gasteiger partial charge in [-0.1, -0.05) is 6.07 Å². The van der Waals surface area contributed by atoms with Crippen LogP contribution >= 0.6 is 11.3 Å². The molecule has 0 fully saturated rings. The van der Waals surface area contributed by atoms with E-state index < -0.39 is 0 Å². The first-order valence-corrected chi connectivity index (χ1v) is 5.36. The Hall–Kier alpha value is -1.93. The molecule has 0 saturated heterocycles. The first-order valence-electron chi connectivity index (χ1n) is 4.55. The standard InChI is InChI=1S/C11H7FN2OS/c12-8-2-1-7-5-10(16-9(7)6-8)11(15)14-4-3-13/h1-2,5-6H,4H2,(H,14,15). The van der Waals surface area contributed by atoms with Crippen molar-refractivity contribution in [3.8, 4) is 6.07 Å². The molecule has 1 amide bonds. The van der Waals surface area contributed by atoms with Crippen molar-refractivity contribution in [1.82, 2.24) is 5.32 Å². The number of carbonyl (C=O) groups is 1. The van der Waals surface area contributed by atoms with Gasteiger partial charge in [-0.15, -0.1) is 11.3 Å². The molecule has 1 aromatic carbocycles. The molecule has 80 valence electrons. The van der Waals surface area contributed by atoms with Crippen LogP contribution < -0.4 is 5.32 Å². The van der Waals surface area contributed by atoms with Crippen molar-refractivity contribution in [2.75, 3.05) is 6.54 Å². The molecule has 2 rings (SSSR count). The Bertz CT molecular complexity index is 585. The lowest BCUT2D eigenvalue weighted by Gasteiger charge is -1.94. The highest BCUT2D eigenvalue weighted by Crippen LogP contribution is 2.26. The third-order valence-corrected chi connectivity index (χ3v) is 3.13. The van der Waals surface area contributed by atoms with E-state index in [0.29, 0.717) is 4.88 Å². The molecule has 0 aliphatic heterocycles. The van der Waals surface area contributed by atoms with Crippen LogP contribution in [-0.2, 0) is 0 Å². The second-order valence-electron chi connectivity index (χ2n) is 3.13. The van der Waals surface area contributed by atoms with Gasteiger partial charge in [0, 0.05) is 4.70 Å². The minimum atomic E-state index is -0.321. The summed E-state index contributed by atoms with van der Waals surface area (Å²) < 4.78 is 13.6. The van der Waals surface area contributed by atoms with Crippen molar-refractivity contribution in [3.63, 3.8) is 0 Å². The zero-order valence-electron chi connectivity index (χ0n) is 8.16. The quantitative estimate of drug-likeness (QED) is 0.810. The van der Waals surface area contributed by atoms with E-state index in [1.54, 1.807) is 12.1 Å². The van der Waals surface area contributed by atoms with Gasteiger partial charge in [-0.2, -0.15) is 5.26 Å². The Balaban J connectivity index is 2.33. The molecule has 0 radical (unpaired) electrons. The Morgan fingerprint density at radius 3 is 3.06 bits per heavy atom. The number of hydrogen-bond acceptors (Lipinski definition) is 3. The van der Waals surface area contributed by atoms with Gasteiger partial charge in [-0.05, 0) is 23.6 Å². The number of nitrogens with one attached hydrogen (secondary N) is 1. The summed E-state index contributed by atoms with van der Waals surface area (Å²) in [5, 5.41) is 11.6. The second-order valence-corrected chi connectivity index (χ2v) is 4.22. The van der Waals surface area contributed by atoms with Crippen LogP contribution in [0.15, 0.2) is 24.3 Å². The van der Waals surface area contributed by atoms with Crippen LogP contribution in [0, 0.1) is 17.1 Å². The number of nitriles is 1. The van der Waals surface area contributed by atoms with Gasteiger partial charge in [0.25, 0.3) is 5.91 Å². The van der Waals surface area contributed by atoms with E-state index in [1.165, 1.54) is 23.5 Å². The summed E-state index contributed by atoms with van der Waals surface area (Å²) >= 11 is 1.21. The van der Waals surface area contributed by atoms with Crippen molar-refractivity contribution in [2.45, 2.75) is 0 Å². The van der Waals surface area contributed by atoms with Crippen LogP contribution in [0.3, 0.4) is 0 Å². The molecule has 3 nitrogen and oxygen atoms in total. The molecule has 1 N–H and O–H groups in total. The molecule has 0 aliphatic rings. The number of hydrogen-bond donors (Lipinski definition) is 1. The lowest BCUT2D eigenvalue weighted by Crippen LogP contribution is -2.22. The average molecular weight is 234 g/mol. The lowest BCUT2D eigenvalue weighted by atomic mass is 10.2. The van der Waals surface area contributed by atoms with E-state index in [0.717, 1.165) is 10.1 Å². The van der Waals surface area contributed by atoms with Crippen molar-refractivity contribution in [3.05, 3.63) is 35.0 Å². The van der Waals surface area contributed by atoms with Gasteiger partial charge in [0.2, 0.25) is 0 Å². The maximum Gasteiger partial charge on any atom is 0.262 e. The van der Waals surface area contributed by atoms with E-state index >= 15 is 0 Å². The number of amides is 1. The SMILES string of the molecule is N#CCNC(=O)c1cc2ccc(F)cc2s1. The van der Waals surface area contributed by atoms with Gasteiger partial charge in [0.15, 0.2) is 0 Å². The van der Waals surface area contributed by atoms with Gasteiger partial charge in [0.1, 0.15) is 12.4 Å². The van der Waals surface area contributed by atoms with Gasteiger partial charge >= 0.3 is 0 Å². The van der Waals surface area contributed by atoms with Gasteiger partial charge in [-0.3, -0.25) is 4.79 Å². The number of halogens is 1. The molecule has 16 heavy (non-hydrogen) atoms. The van der Waals surface area contributed by atoms with Crippen LogP contribution in [0.4, 0.5) is 4.39 Å². The Kier molecular flexibility index (Phi) is 2.84. The normalized spacial score (nSPS) is 10.0. The number of carbonyl (C=O) groups excluding carboxylic acids is 1. The zero-order chi connectivity index (χ0) is 11.5. The Morgan fingerprint density at radius 2 is 2.31 bits per heavy atom. The number of rotatable bonds is 2. The summed E-state index contributed by atoms with van der Waals surface area (Å²) in [4.78, 5) is 12.0. The highest BCUT2D eigenvalue weighted by molar-refractivity contribution is 7.20. The van der Waals surface area contributed by atoms with Crippen molar-refractivity contribution < 1.29 is 9.18 Å². The van der Waals surface area contributed by atoms with E-state index in [9.17, 15) is 9.18 Å². The molecule has 1 heterocycles. The summed E-state index contributed by atoms with van der Waals surface area (Å²) in [6.45, 7) is -0.0263. The van der Waals surface area contributed by atoms with Crippen LogP contribution in [0.25, 0.3) is 10.1 Å². The molecule has 5 heteroatoms. The summed E-state index contributed by atoms with van der Waals surface area (Å²) in [5.74, 6) is -0.624. The number of thiophene rings is 1. The van der Waals surface area contributed by atoms with E-state index in [2.05, 4.69) is 5.32 Å². The minimum absolute atomic E-state index is 0.0263. The summed E-state index contributed by atoms with van der Waals surface area (Å²) in [6.07, 6.45) is 0. The maximum atomic E-state index is 12.9. The van der Waals surface area contributed by atoms with Crippen LogP contribution in [0.5, 0.6) is 0 Å². The fraction of sp³-hybridized carbons (Fsp3) is 0.0909. The highest BCUT2D eigenvalue weighted by Gasteiger charge is 2.09. The predicted octanol–water partition coefficient (Wildman–Crippen LogP) is 2.29. The topological polar surface area (TPSA) is 52.9 Å². The first kappa shape index (κ1) is 10.6. The molecule has 0 unspecified atom stereocenters. The fourth-order valence-electron chi connectivity index (χ4n) is 1.32. The molecular formula is C11H7FN2OS. The van der Waals surface area contributed by atoms with Crippen molar-refractivity contribution in [1.29, 1.82) is 5.26 Å². The summed E-state index contributed by atoms with van der Waals surface area (Å²) in [7, 11) is 0.